The molecule has 2 rings (SSSR count). The minimum atomic E-state index is 0.975. The van der Waals surface area contributed by atoms with Gasteiger partial charge in [-0.05, 0) is 37.4 Å². The van der Waals surface area contributed by atoms with Crippen molar-refractivity contribution < 1.29 is 0 Å². The van der Waals surface area contributed by atoms with Gasteiger partial charge < -0.3 is 10.2 Å². The third-order valence-corrected chi connectivity index (χ3v) is 4.10. The molecule has 0 saturated carbocycles. The molecule has 0 amide bonds. The maximum atomic E-state index is 3.50. The van der Waals surface area contributed by atoms with Gasteiger partial charge in [0.2, 0.25) is 0 Å². The van der Waals surface area contributed by atoms with Crippen LogP contribution in [0.2, 0.25) is 0 Å². The summed E-state index contributed by atoms with van der Waals surface area (Å²) in [5, 5.41) is 5.63. The van der Waals surface area contributed by atoms with Crippen molar-refractivity contribution in [1.82, 2.24) is 5.32 Å². The van der Waals surface area contributed by atoms with Crippen LogP contribution in [0.25, 0.3) is 0 Å². The highest BCUT2D eigenvalue weighted by molar-refractivity contribution is 7.09. The molecule has 0 fully saturated rings. The van der Waals surface area contributed by atoms with Crippen molar-refractivity contribution in [3.63, 3.8) is 0 Å². The van der Waals surface area contributed by atoms with Crippen molar-refractivity contribution in [2.24, 2.45) is 0 Å². The third kappa shape index (κ3) is 4.37. The predicted molar refractivity (Wildman–Crippen MR) is 85.1 cm³/mol. The van der Waals surface area contributed by atoms with Crippen molar-refractivity contribution in [2.45, 2.75) is 20.4 Å². The third-order valence-electron chi connectivity index (χ3n) is 3.22. The Balaban J connectivity index is 1.77. The summed E-state index contributed by atoms with van der Waals surface area (Å²) in [6.07, 6.45) is 0. The van der Waals surface area contributed by atoms with Crippen molar-refractivity contribution in [2.75, 3.05) is 24.5 Å². The first-order valence-electron chi connectivity index (χ1n) is 6.84. The lowest BCUT2D eigenvalue weighted by Gasteiger charge is -2.23. The Bertz CT molecular complexity index is 462. The van der Waals surface area contributed by atoms with Crippen LogP contribution in [-0.2, 0) is 6.54 Å². The molecule has 102 valence electrons. The van der Waals surface area contributed by atoms with Crippen LogP contribution >= 0.6 is 11.3 Å². The van der Waals surface area contributed by atoms with E-state index in [2.05, 4.69) is 65.8 Å². The lowest BCUT2D eigenvalue weighted by atomic mass is 10.2. The molecular weight excluding hydrogens is 252 g/mol. The molecule has 0 spiro atoms. The molecular formula is C16H22N2S. The zero-order chi connectivity index (χ0) is 13.5. The van der Waals surface area contributed by atoms with Gasteiger partial charge in [0.25, 0.3) is 0 Å². The summed E-state index contributed by atoms with van der Waals surface area (Å²) in [5.41, 5.74) is 2.63. The maximum absolute atomic E-state index is 3.50. The lowest BCUT2D eigenvalue weighted by molar-refractivity contribution is 0.670. The van der Waals surface area contributed by atoms with Crippen LogP contribution in [0.4, 0.5) is 5.69 Å². The highest BCUT2D eigenvalue weighted by Gasteiger charge is 2.03. The summed E-state index contributed by atoms with van der Waals surface area (Å²) in [6, 6.07) is 13.0. The molecule has 1 heterocycles. The molecule has 0 bridgehead atoms. The summed E-state index contributed by atoms with van der Waals surface area (Å²) >= 11 is 1.81. The Labute approximate surface area is 120 Å². The molecule has 0 radical (unpaired) electrons. The Morgan fingerprint density at radius 3 is 2.58 bits per heavy atom. The van der Waals surface area contributed by atoms with E-state index in [-0.39, 0.29) is 0 Å². The molecule has 1 N–H and O–H groups in total. The molecule has 1 aromatic carbocycles. The Hall–Kier alpha value is -1.32. The van der Waals surface area contributed by atoms with Gasteiger partial charge in [0.1, 0.15) is 0 Å². The number of anilines is 1. The molecule has 3 heteroatoms. The van der Waals surface area contributed by atoms with Crippen LogP contribution in [0.15, 0.2) is 41.8 Å². The molecule has 0 atom stereocenters. The first-order valence-corrected chi connectivity index (χ1v) is 7.72. The van der Waals surface area contributed by atoms with E-state index in [4.69, 9.17) is 0 Å². The van der Waals surface area contributed by atoms with E-state index >= 15 is 0 Å². The monoisotopic (exact) mass is 274 g/mol. The minimum absolute atomic E-state index is 0.975. The van der Waals surface area contributed by atoms with Crippen LogP contribution in [0, 0.1) is 6.92 Å². The van der Waals surface area contributed by atoms with Crippen molar-refractivity contribution in [3.8, 4) is 0 Å². The lowest BCUT2D eigenvalue weighted by Crippen LogP contribution is -2.31. The van der Waals surface area contributed by atoms with E-state index in [0.717, 1.165) is 26.2 Å². The molecule has 0 aliphatic rings. The topological polar surface area (TPSA) is 15.3 Å². The Morgan fingerprint density at radius 2 is 1.95 bits per heavy atom. The Morgan fingerprint density at radius 1 is 1.16 bits per heavy atom. The van der Waals surface area contributed by atoms with Crippen molar-refractivity contribution in [3.05, 3.63) is 52.2 Å². The summed E-state index contributed by atoms with van der Waals surface area (Å²) in [7, 11) is 0. The smallest absolute Gasteiger partial charge is 0.0366 e. The van der Waals surface area contributed by atoms with Gasteiger partial charge in [0.05, 0.1) is 0 Å². The normalized spacial score (nSPS) is 10.6. The van der Waals surface area contributed by atoms with E-state index in [0.29, 0.717) is 0 Å². The van der Waals surface area contributed by atoms with Crippen LogP contribution < -0.4 is 10.2 Å². The second-order valence-corrected chi connectivity index (χ2v) is 5.70. The molecule has 2 aromatic rings. The fourth-order valence-electron chi connectivity index (χ4n) is 2.06. The van der Waals surface area contributed by atoms with Gasteiger partial charge >= 0.3 is 0 Å². The van der Waals surface area contributed by atoms with Crippen LogP contribution in [-0.4, -0.2) is 19.6 Å². The average Bonchev–Trinajstić information content (AvgIpc) is 2.93. The molecule has 1 aromatic heterocycles. The highest BCUT2D eigenvalue weighted by atomic mass is 32.1. The molecule has 0 aliphatic carbocycles. The maximum Gasteiger partial charge on any atom is 0.0366 e. The number of nitrogens with zero attached hydrogens (tertiary/aromatic N) is 1. The number of thiophene rings is 1. The summed E-state index contributed by atoms with van der Waals surface area (Å²) in [5.74, 6) is 0. The number of likely N-dealkylation sites (N-methyl/N-ethyl adjacent to an activating group) is 1. The standard InChI is InChI=1S/C16H22N2S/c1-3-18(15-8-6-14(2)7-9-15)11-10-17-13-16-5-4-12-19-16/h4-9,12,17H,3,10-11,13H2,1-2H3. The van der Waals surface area contributed by atoms with Gasteiger partial charge in [-0.3, -0.25) is 0 Å². The highest BCUT2D eigenvalue weighted by Crippen LogP contribution is 2.14. The van der Waals surface area contributed by atoms with E-state index in [1.54, 1.807) is 0 Å². The quantitative estimate of drug-likeness (QED) is 0.775. The molecule has 0 unspecified atom stereocenters. The summed E-state index contributed by atoms with van der Waals surface area (Å²) in [6.45, 7) is 8.42. The van der Waals surface area contributed by atoms with E-state index < -0.39 is 0 Å². The number of benzene rings is 1. The van der Waals surface area contributed by atoms with Gasteiger partial charge in [-0.25, -0.2) is 0 Å². The fourth-order valence-corrected chi connectivity index (χ4v) is 2.74. The predicted octanol–water partition coefficient (Wildman–Crippen LogP) is 3.67. The largest absolute Gasteiger partial charge is 0.371 e. The van der Waals surface area contributed by atoms with Gasteiger partial charge in [-0.1, -0.05) is 23.8 Å². The van der Waals surface area contributed by atoms with Gasteiger partial charge in [-0.15, -0.1) is 11.3 Å². The second-order valence-electron chi connectivity index (χ2n) is 4.67. The molecule has 2 nitrogen and oxygen atoms in total. The van der Waals surface area contributed by atoms with Crippen molar-refractivity contribution in [1.29, 1.82) is 0 Å². The zero-order valence-corrected chi connectivity index (χ0v) is 12.5. The number of hydrogen-bond donors (Lipinski definition) is 1. The van der Waals surface area contributed by atoms with E-state index in [1.165, 1.54) is 16.1 Å². The van der Waals surface area contributed by atoms with Gasteiger partial charge in [0.15, 0.2) is 0 Å². The Kier molecular flexibility index (Phi) is 5.43. The van der Waals surface area contributed by atoms with E-state index in [1.807, 2.05) is 11.3 Å². The van der Waals surface area contributed by atoms with Gasteiger partial charge in [-0.2, -0.15) is 0 Å². The first-order chi connectivity index (χ1) is 9.29. The minimum Gasteiger partial charge on any atom is -0.371 e. The van der Waals surface area contributed by atoms with E-state index in [9.17, 15) is 0 Å². The molecule has 19 heavy (non-hydrogen) atoms. The van der Waals surface area contributed by atoms with Crippen LogP contribution in [0.5, 0.6) is 0 Å². The summed E-state index contributed by atoms with van der Waals surface area (Å²) in [4.78, 5) is 3.80. The number of aryl methyl sites for hydroxylation is 1. The molecule has 0 saturated heterocycles. The van der Waals surface area contributed by atoms with Crippen LogP contribution in [0.1, 0.15) is 17.4 Å². The second kappa shape index (κ2) is 7.31. The number of nitrogens with one attached hydrogen (secondary N) is 1. The fraction of sp³-hybridized carbons (Fsp3) is 0.375. The molecule has 0 aliphatic heterocycles. The average molecular weight is 274 g/mol. The van der Waals surface area contributed by atoms with Crippen LogP contribution in [0.3, 0.4) is 0 Å². The first kappa shape index (κ1) is 14.1. The van der Waals surface area contributed by atoms with Gasteiger partial charge in [0, 0.05) is 36.7 Å². The number of hydrogen-bond acceptors (Lipinski definition) is 3. The SMILES string of the molecule is CCN(CCNCc1cccs1)c1ccc(C)cc1. The number of rotatable bonds is 7. The summed E-state index contributed by atoms with van der Waals surface area (Å²) < 4.78 is 0. The zero-order valence-electron chi connectivity index (χ0n) is 11.7. The van der Waals surface area contributed by atoms with Crippen molar-refractivity contribution >= 4 is 17.0 Å².